The molecule has 330 valence electrons. The van der Waals surface area contributed by atoms with Crippen LogP contribution in [0.1, 0.15) is 174 Å². The van der Waals surface area contributed by atoms with E-state index in [1.165, 1.54) is 77.0 Å². The Bertz CT molecular complexity index is 1160. The van der Waals surface area contributed by atoms with Crippen LogP contribution in [-0.4, -0.2) is 68.5 Å². The maximum Gasteiger partial charge on any atom is 0.268 e. The molecule has 0 radical (unpaired) electrons. The molecule has 0 aliphatic heterocycles. The molecule has 0 saturated carbocycles. The summed E-state index contributed by atoms with van der Waals surface area (Å²) in [6, 6.07) is -0.917. The van der Waals surface area contributed by atoms with Gasteiger partial charge < -0.3 is 28.8 Å². The topological polar surface area (TPSA) is 108 Å². The van der Waals surface area contributed by atoms with Crippen LogP contribution in [0.4, 0.5) is 0 Å². The van der Waals surface area contributed by atoms with Gasteiger partial charge in [0.05, 0.1) is 39.9 Å². The summed E-state index contributed by atoms with van der Waals surface area (Å²) in [5.74, 6) is -0.225. The highest BCUT2D eigenvalue weighted by Crippen LogP contribution is 2.38. The monoisotopic (exact) mass is 819 g/mol. The van der Waals surface area contributed by atoms with Crippen LogP contribution in [-0.2, 0) is 18.4 Å². The fourth-order valence-electron chi connectivity index (χ4n) is 6.02. The predicted molar refractivity (Wildman–Crippen MR) is 242 cm³/mol. The van der Waals surface area contributed by atoms with Gasteiger partial charge in [-0.3, -0.25) is 9.36 Å². The standard InChI is InChI=1S/C48H87N2O6P/c1-6-8-10-12-14-16-18-20-22-24-26-27-29-31-33-35-37-39-41-47(51)46(45-56-57(53,54)55-44-43-50(3,4)5)49-48(52)42-40-38-36-34-32-30-28-25-23-21-19-17-15-13-11-9-7-2/h9,11,15,17,21,23-24,26,31,33,39,41,46-47,51H,6-8,10,12-14,16,18-20,22,25,27-30,32,34-38,40,42-45H2,1-5H3,(H-,49,52,53,54)/b11-9-,17-15-,23-21-,26-24+,33-31+,41-39+. The lowest BCUT2D eigenvalue weighted by molar-refractivity contribution is -0.870. The number of nitrogens with one attached hydrogen (secondary N) is 1. The number of hydrogen-bond donors (Lipinski definition) is 2. The molecule has 0 saturated heterocycles. The Morgan fingerprint density at radius 2 is 1.09 bits per heavy atom. The Kier molecular flexibility index (Phi) is 38.0. The van der Waals surface area contributed by atoms with Crippen LogP contribution in [0, 0.1) is 0 Å². The molecule has 2 N–H and O–H groups in total. The van der Waals surface area contributed by atoms with Crippen LogP contribution in [0.5, 0.6) is 0 Å². The number of aliphatic hydroxyl groups is 1. The molecule has 0 fully saturated rings. The first kappa shape index (κ1) is 54.9. The normalized spacial score (nSPS) is 15.0. The summed E-state index contributed by atoms with van der Waals surface area (Å²) < 4.78 is 23.2. The molecule has 0 aliphatic carbocycles. The molecule has 3 atom stereocenters. The molecule has 57 heavy (non-hydrogen) atoms. The number of carbonyl (C=O) groups excluding carboxylic acids is 1. The van der Waals surface area contributed by atoms with Gasteiger partial charge in [-0.2, -0.15) is 0 Å². The smallest absolute Gasteiger partial charge is 0.268 e. The lowest BCUT2D eigenvalue weighted by Crippen LogP contribution is -2.45. The third-order valence-electron chi connectivity index (χ3n) is 9.63. The minimum absolute atomic E-state index is 0.0145. The van der Waals surface area contributed by atoms with Crippen LogP contribution in [0.3, 0.4) is 0 Å². The molecule has 0 aromatic rings. The predicted octanol–water partition coefficient (Wildman–Crippen LogP) is 12.2. The average molecular weight is 819 g/mol. The van der Waals surface area contributed by atoms with Crippen LogP contribution in [0.25, 0.3) is 0 Å². The zero-order valence-electron chi connectivity index (χ0n) is 37.3. The molecule has 8 nitrogen and oxygen atoms in total. The largest absolute Gasteiger partial charge is 0.756 e. The van der Waals surface area contributed by atoms with E-state index in [-0.39, 0.29) is 12.5 Å². The summed E-state index contributed by atoms with van der Waals surface area (Å²) in [4.78, 5) is 25.3. The fourth-order valence-corrected chi connectivity index (χ4v) is 6.74. The van der Waals surface area contributed by atoms with E-state index in [2.05, 4.69) is 79.9 Å². The first-order valence-corrected chi connectivity index (χ1v) is 24.3. The summed E-state index contributed by atoms with van der Waals surface area (Å²) in [6.07, 6.45) is 52.3. The molecule has 0 aromatic heterocycles. The number of unbranched alkanes of at least 4 members (excludes halogenated alkanes) is 17. The Labute approximate surface area is 351 Å². The second-order valence-corrected chi connectivity index (χ2v) is 17.8. The number of likely N-dealkylation sites (N-methyl/N-ethyl adjacent to an activating group) is 1. The van der Waals surface area contributed by atoms with Crippen molar-refractivity contribution in [1.29, 1.82) is 0 Å². The van der Waals surface area contributed by atoms with E-state index in [1.54, 1.807) is 6.08 Å². The number of allylic oxidation sites excluding steroid dienone is 11. The molecular weight excluding hydrogens is 732 g/mol. The highest BCUT2D eigenvalue weighted by molar-refractivity contribution is 7.45. The quantitative estimate of drug-likeness (QED) is 0.0276. The molecule has 0 spiro atoms. The molecular formula is C48H87N2O6P. The minimum Gasteiger partial charge on any atom is -0.756 e. The van der Waals surface area contributed by atoms with Crippen LogP contribution in [0.2, 0.25) is 0 Å². The van der Waals surface area contributed by atoms with E-state index < -0.39 is 26.6 Å². The number of aliphatic hydroxyl groups excluding tert-OH is 1. The number of rotatable bonds is 40. The second-order valence-electron chi connectivity index (χ2n) is 16.4. The first-order valence-electron chi connectivity index (χ1n) is 22.8. The number of phosphoric ester groups is 1. The van der Waals surface area contributed by atoms with Gasteiger partial charge in [0.2, 0.25) is 5.91 Å². The Hall–Kier alpha value is -2.06. The third kappa shape index (κ3) is 41.9. The summed E-state index contributed by atoms with van der Waals surface area (Å²) >= 11 is 0. The number of nitrogens with zero attached hydrogens (tertiary/aromatic N) is 1. The highest BCUT2D eigenvalue weighted by Gasteiger charge is 2.23. The average Bonchev–Trinajstić information content (AvgIpc) is 3.16. The summed E-state index contributed by atoms with van der Waals surface area (Å²) in [5, 5.41) is 13.8. The van der Waals surface area contributed by atoms with Gasteiger partial charge >= 0.3 is 0 Å². The van der Waals surface area contributed by atoms with Gasteiger partial charge in [0.25, 0.3) is 7.82 Å². The van der Waals surface area contributed by atoms with Crippen molar-refractivity contribution in [3.63, 3.8) is 0 Å². The van der Waals surface area contributed by atoms with Crippen LogP contribution >= 0.6 is 7.82 Å². The fraction of sp³-hybridized carbons (Fsp3) is 0.729. The Morgan fingerprint density at radius 1 is 0.632 bits per heavy atom. The SMILES string of the molecule is CC/C=C\C/C=C\C/C=C\CCCCCCCCCC(=O)NC(COP(=O)([O-])OCC[N+](C)(C)C)C(O)/C=C/CC/C=C/CC/C=C/CCCCCCCCCC. The molecule has 0 aliphatic rings. The van der Waals surface area contributed by atoms with Crippen molar-refractivity contribution < 1.29 is 32.9 Å². The van der Waals surface area contributed by atoms with Crippen LogP contribution < -0.4 is 10.2 Å². The lowest BCUT2D eigenvalue weighted by atomic mass is 10.1. The number of carbonyl (C=O) groups is 1. The minimum atomic E-state index is -4.61. The van der Waals surface area contributed by atoms with Gasteiger partial charge in [0, 0.05) is 6.42 Å². The van der Waals surface area contributed by atoms with E-state index in [1.807, 2.05) is 27.2 Å². The molecule has 1 amide bonds. The van der Waals surface area contributed by atoms with E-state index in [9.17, 15) is 19.4 Å². The van der Waals surface area contributed by atoms with E-state index in [4.69, 9.17) is 9.05 Å². The second kappa shape index (κ2) is 39.4. The first-order chi connectivity index (χ1) is 27.5. The van der Waals surface area contributed by atoms with Crippen molar-refractivity contribution in [3.8, 4) is 0 Å². The summed E-state index contributed by atoms with van der Waals surface area (Å²) in [7, 11) is 1.22. The van der Waals surface area contributed by atoms with Crippen molar-refractivity contribution in [2.45, 2.75) is 187 Å². The number of hydrogen-bond acceptors (Lipinski definition) is 6. The molecule has 0 bridgehead atoms. The van der Waals surface area contributed by atoms with Gasteiger partial charge in [-0.05, 0) is 77.0 Å². The summed E-state index contributed by atoms with van der Waals surface area (Å²) in [5.41, 5.74) is 0. The Balaban J connectivity index is 4.52. The van der Waals surface area contributed by atoms with Gasteiger partial charge in [0.15, 0.2) is 0 Å². The maximum absolute atomic E-state index is 12.9. The van der Waals surface area contributed by atoms with Gasteiger partial charge in [-0.15, -0.1) is 0 Å². The number of quaternary nitrogens is 1. The molecule has 0 heterocycles. The molecule has 3 unspecified atom stereocenters. The zero-order valence-corrected chi connectivity index (χ0v) is 38.2. The Morgan fingerprint density at radius 3 is 1.63 bits per heavy atom. The van der Waals surface area contributed by atoms with E-state index in [0.29, 0.717) is 17.4 Å². The van der Waals surface area contributed by atoms with E-state index in [0.717, 1.165) is 77.0 Å². The number of phosphoric acid groups is 1. The van der Waals surface area contributed by atoms with Gasteiger partial charge in [-0.1, -0.05) is 164 Å². The maximum atomic E-state index is 12.9. The van der Waals surface area contributed by atoms with Crippen molar-refractivity contribution in [1.82, 2.24) is 5.32 Å². The van der Waals surface area contributed by atoms with Gasteiger partial charge in [-0.25, -0.2) is 0 Å². The van der Waals surface area contributed by atoms with E-state index >= 15 is 0 Å². The van der Waals surface area contributed by atoms with Crippen molar-refractivity contribution in [2.75, 3.05) is 40.9 Å². The third-order valence-corrected chi connectivity index (χ3v) is 10.6. The van der Waals surface area contributed by atoms with Gasteiger partial charge in [0.1, 0.15) is 13.2 Å². The molecule has 0 aromatic carbocycles. The molecule has 9 heteroatoms. The van der Waals surface area contributed by atoms with Crippen LogP contribution in [0.15, 0.2) is 72.9 Å². The number of amides is 1. The summed E-state index contributed by atoms with van der Waals surface area (Å²) in [6.45, 7) is 4.48. The lowest BCUT2D eigenvalue weighted by Gasteiger charge is -2.29. The van der Waals surface area contributed by atoms with Crippen molar-refractivity contribution in [3.05, 3.63) is 72.9 Å². The van der Waals surface area contributed by atoms with Crippen molar-refractivity contribution in [2.24, 2.45) is 0 Å². The van der Waals surface area contributed by atoms with Crippen molar-refractivity contribution >= 4 is 13.7 Å². The highest BCUT2D eigenvalue weighted by atomic mass is 31.2. The molecule has 0 rings (SSSR count). The zero-order chi connectivity index (χ0) is 42.1.